The van der Waals surface area contributed by atoms with Gasteiger partial charge in [0.2, 0.25) is 0 Å². The predicted octanol–water partition coefficient (Wildman–Crippen LogP) is 11.2. The molecule has 6 aromatic rings. The van der Waals surface area contributed by atoms with E-state index in [0.29, 0.717) is 0 Å². The van der Waals surface area contributed by atoms with Crippen molar-refractivity contribution in [3.05, 3.63) is 125 Å². The normalized spacial score (nSPS) is 15.1. The van der Waals surface area contributed by atoms with Crippen LogP contribution in [0, 0.1) is 0 Å². The van der Waals surface area contributed by atoms with E-state index in [4.69, 9.17) is 0 Å². The third-order valence-electron chi connectivity index (χ3n) is 8.66. The first-order valence-electron chi connectivity index (χ1n) is 14.3. The number of rotatable bonds is 3. The maximum Gasteiger partial charge on any atom is 0.0427 e. The number of hydrogen-bond donors (Lipinski definition) is 0. The molecule has 0 aliphatic heterocycles. The molecular formula is C38H30S. The van der Waals surface area contributed by atoms with E-state index in [9.17, 15) is 0 Å². The molecule has 2 aliphatic carbocycles. The first kappa shape index (κ1) is 23.0. The minimum Gasteiger partial charge on any atom is -0.139 e. The van der Waals surface area contributed by atoms with Crippen LogP contribution >= 0.6 is 11.3 Å². The van der Waals surface area contributed by atoms with Crippen LogP contribution in [0.2, 0.25) is 0 Å². The van der Waals surface area contributed by atoms with Crippen molar-refractivity contribution in [1.82, 2.24) is 0 Å². The Morgan fingerprint density at radius 3 is 1.97 bits per heavy atom. The van der Waals surface area contributed by atoms with Gasteiger partial charge in [0.25, 0.3) is 0 Å². The summed E-state index contributed by atoms with van der Waals surface area (Å²) in [4.78, 5) is 1.61. The van der Waals surface area contributed by atoms with Gasteiger partial charge in [-0.05, 0) is 105 Å². The van der Waals surface area contributed by atoms with Gasteiger partial charge in [-0.3, -0.25) is 0 Å². The highest BCUT2D eigenvalue weighted by atomic mass is 32.1. The molecule has 1 aromatic heterocycles. The molecule has 0 N–H and O–H groups in total. The van der Waals surface area contributed by atoms with E-state index in [-0.39, 0.29) is 0 Å². The van der Waals surface area contributed by atoms with Crippen molar-refractivity contribution in [1.29, 1.82) is 0 Å². The first-order valence-corrected chi connectivity index (χ1v) is 15.1. The van der Waals surface area contributed by atoms with Crippen LogP contribution in [0.4, 0.5) is 0 Å². The summed E-state index contributed by atoms with van der Waals surface area (Å²) in [5.74, 6) is 0. The van der Waals surface area contributed by atoms with Crippen molar-refractivity contribution in [2.24, 2.45) is 0 Å². The molecular weight excluding hydrogens is 488 g/mol. The standard InChI is InChI=1S/C38H30S/c1-2-12-25(13-3-1)26-14-10-15-27(24-26)36-29-17-4-6-19-31(29)37(32-20-7-5-18-30(32)36)34-22-11-21-33-28-16-8-9-23-35(28)39-38(33)34/h2,4-7,10-15,17-22,24H,1,3,8-9,16,23H2. The molecule has 0 bridgehead atoms. The van der Waals surface area contributed by atoms with Crippen LogP contribution in [0.25, 0.3) is 59.5 Å². The lowest BCUT2D eigenvalue weighted by molar-refractivity contribution is 0.700. The van der Waals surface area contributed by atoms with Crippen LogP contribution in [0.15, 0.2) is 109 Å². The summed E-state index contributed by atoms with van der Waals surface area (Å²) in [5, 5.41) is 6.81. The second-order valence-corrected chi connectivity index (χ2v) is 12.1. The smallest absolute Gasteiger partial charge is 0.0427 e. The van der Waals surface area contributed by atoms with E-state index >= 15 is 0 Å². The van der Waals surface area contributed by atoms with Crippen molar-refractivity contribution in [3.8, 4) is 22.3 Å². The number of thiophene rings is 1. The zero-order valence-corrected chi connectivity index (χ0v) is 22.9. The van der Waals surface area contributed by atoms with Crippen LogP contribution in [-0.4, -0.2) is 0 Å². The summed E-state index contributed by atoms with van der Waals surface area (Å²) >= 11 is 2.04. The van der Waals surface area contributed by atoms with Crippen LogP contribution in [0.3, 0.4) is 0 Å². The molecule has 5 aromatic carbocycles. The van der Waals surface area contributed by atoms with Gasteiger partial charge in [-0.1, -0.05) is 103 Å². The first-order chi connectivity index (χ1) is 19.4. The molecule has 188 valence electrons. The van der Waals surface area contributed by atoms with Gasteiger partial charge in [-0.15, -0.1) is 11.3 Å². The summed E-state index contributed by atoms with van der Waals surface area (Å²) in [7, 11) is 0. The topological polar surface area (TPSA) is 0 Å². The lowest BCUT2D eigenvalue weighted by Crippen LogP contribution is -1.97. The van der Waals surface area contributed by atoms with Gasteiger partial charge >= 0.3 is 0 Å². The number of allylic oxidation sites excluding steroid dienone is 4. The molecule has 2 aliphatic rings. The van der Waals surface area contributed by atoms with Crippen LogP contribution < -0.4 is 0 Å². The van der Waals surface area contributed by atoms with Gasteiger partial charge in [-0.25, -0.2) is 0 Å². The fourth-order valence-electron chi connectivity index (χ4n) is 6.89. The highest BCUT2D eigenvalue weighted by Crippen LogP contribution is 2.48. The van der Waals surface area contributed by atoms with E-state index in [0.717, 1.165) is 12.8 Å². The Hall–Kier alpha value is -3.94. The van der Waals surface area contributed by atoms with Gasteiger partial charge in [0.05, 0.1) is 0 Å². The molecule has 0 saturated heterocycles. The molecule has 0 fully saturated rings. The zero-order chi connectivity index (χ0) is 25.8. The Morgan fingerprint density at radius 1 is 0.564 bits per heavy atom. The van der Waals surface area contributed by atoms with E-state index in [1.54, 1.807) is 10.4 Å². The molecule has 1 heteroatoms. The highest BCUT2D eigenvalue weighted by Gasteiger charge is 2.22. The highest BCUT2D eigenvalue weighted by molar-refractivity contribution is 7.20. The quantitative estimate of drug-likeness (QED) is 0.204. The second kappa shape index (κ2) is 9.36. The fourth-order valence-corrected chi connectivity index (χ4v) is 8.30. The Bertz CT molecular complexity index is 1910. The predicted molar refractivity (Wildman–Crippen MR) is 171 cm³/mol. The van der Waals surface area contributed by atoms with Crippen LogP contribution in [0.5, 0.6) is 0 Å². The van der Waals surface area contributed by atoms with Crippen molar-refractivity contribution in [3.63, 3.8) is 0 Å². The average Bonchev–Trinajstić information content (AvgIpc) is 3.39. The Morgan fingerprint density at radius 2 is 1.23 bits per heavy atom. The Labute approximate surface area is 233 Å². The zero-order valence-electron chi connectivity index (χ0n) is 22.0. The summed E-state index contributed by atoms with van der Waals surface area (Å²) in [6, 6.07) is 34.3. The minimum absolute atomic E-state index is 1.12. The Kier molecular flexibility index (Phi) is 5.52. The van der Waals surface area contributed by atoms with Crippen molar-refractivity contribution >= 4 is 48.5 Å². The molecule has 0 radical (unpaired) electrons. The third-order valence-corrected chi connectivity index (χ3v) is 10.0. The SMILES string of the molecule is C1=CC(c2cccc(-c3c4ccccc4c(-c4cccc5c6c(sc45)CCCC6)c4ccccc34)c2)=CCC1. The maximum absolute atomic E-state index is 2.39. The number of aryl methyl sites for hydroxylation is 2. The molecule has 1 heterocycles. The maximum atomic E-state index is 2.39. The monoisotopic (exact) mass is 518 g/mol. The van der Waals surface area contributed by atoms with Crippen molar-refractivity contribution in [2.75, 3.05) is 0 Å². The molecule has 0 unspecified atom stereocenters. The third kappa shape index (κ3) is 3.72. The number of fused-ring (bicyclic) bond motifs is 5. The largest absolute Gasteiger partial charge is 0.139 e. The minimum atomic E-state index is 1.12. The number of benzene rings is 5. The summed E-state index contributed by atoms with van der Waals surface area (Å²) < 4.78 is 1.46. The van der Waals surface area contributed by atoms with Gasteiger partial charge in [0, 0.05) is 15.1 Å². The fraction of sp³-hybridized carbons (Fsp3) is 0.158. The summed E-state index contributed by atoms with van der Waals surface area (Å²) in [5.41, 5.74) is 9.63. The van der Waals surface area contributed by atoms with E-state index in [1.807, 2.05) is 11.3 Å². The van der Waals surface area contributed by atoms with Crippen LogP contribution in [-0.2, 0) is 12.8 Å². The summed E-state index contributed by atoms with van der Waals surface area (Å²) in [6.07, 6.45) is 14.3. The molecule has 0 saturated carbocycles. The van der Waals surface area contributed by atoms with Crippen molar-refractivity contribution in [2.45, 2.75) is 38.5 Å². The average molecular weight is 519 g/mol. The Balaban J connectivity index is 1.44. The molecule has 8 rings (SSSR count). The van der Waals surface area contributed by atoms with Gasteiger partial charge in [0.15, 0.2) is 0 Å². The lowest BCUT2D eigenvalue weighted by atomic mass is 9.85. The summed E-state index contributed by atoms with van der Waals surface area (Å²) in [6.45, 7) is 0. The lowest BCUT2D eigenvalue weighted by Gasteiger charge is -2.19. The second-order valence-electron chi connectivity index (χ2n) is 11.0. The molecule has 0 amide bonds. The van der Waals surface area contributed by atoms with Crippen LogP contribution in [0.1, 0.15) is 41.7 Å². The van der Waals surface area contributed by atoms with Crippen molar-refractivity contribution < 1.29 is 0 Å². The van der Waals surface area contributed by atoms with Gasteiger partial charge < -0.3 is 0 Å². The molecule has 0 atom stereocenters. The van der Waals surface area contributed by atoms with Gasteiger partial charge in [0.1, 0.15) is 0 Å². The van der Waals surface area contributed by atoms with Gasteiger partial charge in [-0.2, -0.15) is 0 Å². The van der Waals surface area contributed by atoms with E-state index < -0.39 is 0 Å². The molecule has 39 heavy (non-hydrogen) atoms. The molecule has 0 spiro atoms. The van der Waals surface area contributed by atoms with E-state index in [2.05, 4.69) is 109 Å². The van der Waals surface area contributed by atoms with E-state index in [1.165, 1.54) is 90.7 Å². The molecule has 0 nitrogen and oxygen atoms in total. The number of hydrogen-bond acceptors (Lipinski definition) is 1.